The number of aryl methyl sites for hydroxylation is 1. The smallest absolute Gasteiger partial charge is 0.414 e. The third-order valence-corrected chi connectivity index (χ3v) is 4.00. The van der Waals surface area contributed by atoms with Gasteiger partial charge in [0, 0.05) is 18.7 Å². The number of amides is 1. The normalized spacial score (nSPS) is 14.4. The number of nitrogens with zero attached hydrogens (tertiary/aromatic N) is 3. The monoisotopic (exact) mass is 330 g/mol. The minimum atomic E-state index is -0.289. The molecule has 0 saturated carbocycles. The average Bonchev–Trinajstić information content (AvgIpc) is 3.21. The number of hydrogen-bond acceptors (Lipinski definition) is 6. The molecule has 1 amide bonds. The van der Waals surface area contributed by atoms with E-state index in [0.29, 0.717) is 24.9 Å². The summed E-state index contributed by atoms with van der Waals surface area (Å²) in [5, 5.41) is 11.4. The molecule has 1 aliphatic rings. The first kappa shape index (κ1) is 16.3. The van der Waals surface area contributed by atoms with Gasteiger partial charge < -0.3 is 14.5 Å². The van der Waals surface area contributed by atoms with Crippen molar-refractivity contribution >= 4 is 17.5 Å². The molecule has 0 aliphatic carbocycles. The average molecular weight is 330 g/mol. The van der Waals surface area contributed by atoms with Crippen LogP contribution in [0.1, 0.15) is 44.2 Å². The highest BCUT2D eigenvalue weighted by Gasteiger charge is 2.26. The number of fused-ring (bicyclic) bond motifs is 1. The predicted molar refractivity (Wildman–Crippen MR) is 90.2 cm³/mol. The second kappa shape index (κ2) is 6.90. The van der Waals surface area contributed by atoms with E-state index in [0.717, 1.165) is 29.8 Å². The highest BCUT2D eigenvalue weighted by atomic mass is 16.6. The Morgan fingerprint density at radius 1 is 1.42 bits per heavy atom. The van der Waals surface area contributed by atoms with Crippen LogP contribution in [-0.2, 0) is 17.6 Å². The zero-order valence-corrected chi connectivity index (χ0v) is 14.2. The summed E-state index contributed by atoms with van der Waals surface area (Å²) >= 11 is 0. The van der Waals surface area contributed by atoms with E-state index in [1.807, 2.05) is 32.9 Å². The molecule has 1 atom stereocenters. The Balaban J connectivity index is 1.71. The number of benzene rings is 1. The van der Waals surface area contributed by atoms with Crippen molar-refractivity contribution < 1.29 is 13.9 Å². The number of nitrogens with one attached hydrogen (secondary N) is 1. The van der Waals surface area contributed by atoms with Gasteiger partial charge in [-0.3, -0.25) is 4.90 Å². The molecule has 3 rings (SSSR count). The molecular formula is C17H22N4O3. The molecule has 0 saturated heterocycles. The second-order valence-electron chi connectivity index (χ2n) is 5.70. The lowest BCUT2D eigenvalue weighted by Gasteiger charge is -2.17. The van der Waals surface area contributed by atoms with Crippen molar-refractivity contribution in [1.29, 1.82) is 0 Å². The van der Waals surface area contributed by atoms with Crippen molar-refractivity contribution in [3.05, 3.63) is 35.5 Å². The first-order valence-electron chi connectivity index (χ1n) is 8.28. The van der Waals surface area contributed by atoms with Crippen LogP contribution in [0.25, 0.3) is 0 Å². The van der Waals surface area contributed by atoms with Gasteiger partial charge in [0.1, 0.15) is 6.04 Å². The summed E-state index contributed by atoms with van der Waals surface area (Å²) in [4.78, 5) is 13.6. The first-order valence-corrected chi connectivity index (χ1v) is 8.28. The topological polar surface area (TPSA) is 80.5 Å². The maximum absolute atomic E-state index is 11.9. The van der Waals surface area contributed by atoms with E-state index >= 15 is 0 Å². The van der Waals surface area contributed by atoms with E-state index in [-0.39, 0.29) is 12.1 Å². The number of carbonyl (C=O) groups is 1. The van der Waals surface area contributed by atoms with Crippen LogP contribution in [0.15, 0.2) is 22.6 Å². The number of aromatic nitrogens is 2. The van der Waals surface area contributed by atoms with Gasteiger partial charge in [0.05, 0.1) is 12.3 Å². The zero-order chi connectivity index (χ0) is 17.1. The molecule has 7 heteroatoms. The van der Waals surface area contributed by atoms with Crippen LogP contribution < -0.4 is 10.2 Å². The zero-order valence-electron chi connectivity index (χ0n) is 14.2. The van der Waals surface area contributed by atoms with E-state index < -0.39 is 0 Å². The van der Waals surface area contributed by atoms with Gasteiger partial charge in [0.25, 0.3) is 0 Å². The fourth-order valence-corrected chi connectivity index (χ4v) is 2.78. The summed E-state index contributed by atoms with van der Waals surface area (Å²) in [7, 11) is 0. The molecule has 0 fully saturated rings. The summed E-state index contributed by atoms with van der Waals surface area (Å²) in [6.45, 7) is 6.80. The lowest BCUT2D eigenvalue weighted by atomic mass is 10.1. The second-order valence-corrected chi connectivity index (χ2v) is 5.70. The van der Waals surface area contributed by atoms with E-state index in [1.165, 1.54) is 0 Å². The summed E-state index contributed by atoms with van der Waals surface area (Å²) in [6, 6.07) is 5.87. The fraction of sp³-hybridized carbons (Fsp3) is 0.471. The van der Waals surface area contributed by atoms with Gasteiger partial charge >= 0.3 is 6.09 Å². The van der Waals surface area contributed by atoms with Crippen LogP contribution in [0.2, 0.25) is 0 Å². The predicted octanol–water partition coefficient (Wildman–Crippen LogP) is 3.32. The Morgan fingerprint density at radius 2 is 2.25 bits per heavy atom. The van der Waals surface area contributed by atoms with Crippen molar-refractivity contribution in [2.75, 3.05) is 23.4 Å². The Labute approximate surface area is 141 Å². The van der Waals surface area contributed by atoms with Gasteiger partial charge in [-0.25, -0.2) is 4.79 Å². The summed E-state index contributed by atoms with van der Waals surface area (Å²) < 4.78 is 10.7. The van der Waals surface area contributed by atoms with Gasteiger partial charge in [-0.15, -0.1) is 10.2 Å². The van der Waals surface area contributed by atoms with Crippen LogP contribution in [0.5, 0.6) is 0 Å². The molecule has 0 radical (unpaired) electrons. The minimum absolute atomic E-state index is 0.0848. The summed E-state index contributed by atoms with van der Waals surface area (Å²) in [6.07, 6.45) is 1.25. The van der Waals surface area contributed by atoms with Crippen molar-refractivity contribution in [3.63, 3.8) is 0 Å². The van der Waals surface area contributed by atoms with E-state index in [2.05, 4.69) is 21.6 Å². The van der Waals surface area contributed by atoms with Crippen LogP contribution in [-0.4, -0.2) is 29.4 Å². The fourth-order valence-electron chi connectivity index (χ4n) is 2.78. The van der Waals surface area contributed by atoms with Crippen molar-refractivity contribution in [2.24, 2.45) is 0 Å². The molecule has 2 heterocycles. The molecular weight excluding hydrogens is 308 g/mol. The maximum atomic E-state index is 11.9. The van der Waals surface area contributed by atoms with Crippen molar-refractivity contribution in [1.82, 2.24) is 10.2 Å². The summed E-state index contributed by atoms with van der Waals surface area (Å²) in [5.41, 5.74) is 3.00. The highest BCUT2D eigenvalue weighted by molar-refractivity contribution is 5.90. The van der Waals surface area contributed by atoms with Gasteiger partial charge in [-0.1, -0.05) is 6.92 Å². The lowest BCUT2D eigenvalue weighted by molar-refractivity contribution is 0.160. The lowest BCUT2D eigenvalue weighted by Crippen LogP contribution is -2.29. The van der Waals surface area contributed by atoms with E-state index in [1.54, 1.807) is 4.90 Å². The molecule has 0 bridgehead atoms. The third-order valence-electron chi connectivity index (χ3n) is 4.00. The molecule has 24 heavy (non-hydrogen) atoms. The molecule has 1 aromatic heterocycles. The third kappa shape index (κ3) is 3.20. The Hall–Kier alpha value is -2.57. The van der Waals surface area contributed by atoms with Gasteiger partial charge in [0.2, 0.25) is 11.8 Å². The summed E-state index contributed by atoms with van der Waals surface area (Å²) in [5.74, 6) is 1.21. The molecule has 1 N–H and O–H groups in total. The Kier molecular flexibility index (Phi) is 4.69. The number of carbonyl (C=O) groups excluding carboxylic acids is 1. The van der Waals surface area contributed by atoms with Crippen LogP contribution in [0.3, 0.4) is 0 Å². The van der Waals surface area contributed by atoms with Gasteiger partial charge in [-0.05, 0) is 44.0 Å². The van der Waals surface area contributed by atoms with Crippen molar-refractivity contribution in [3.8, 4) is 0 Å². The van der Waals surface area contributed by atoms with Crippen LogP contribution in [0, 0.1) is 0 Å². The number of rotatable bonds is 5. The molecule has 0 unspecified atom stereocenters. The largest absolute Gasteiger partial charge is 0.449 e. The highest BCUT2D eigenvalue weighted by Crippen LogP contribution is 2.32. The van der Waals surface area contributed by atoms with E-state index in [4.69, 9.17) is 9.15 Å². The van der Waals surface area contributed by atoms with E-state index in [9.17, 15) is 4.79 Å². The van der Waals surface area contributed by atoms with Gasteiger partial charge in [0.15, 0.2) is 0 Å². The molecule has 7 nitrogen and oxygen atoms in total. The SMILES string of the molecule is CCOC(=O)N1CCc2cc(N[C@H](C)c3nnc(CC)o3)ccc21. The number of anilines is 2. The number of ether oxygens (including phenoxy) is 1. The number of hydrogen-bond donors (Lipinski definition) is 1. The molecule has 0 spiro atoms. The molecule has 1 aromatic carbocycles. The first-order chi connectivity index (χ1) is 11.6. The van der Waals surface area contributed by atoms with Crippen LogP contribution in [0.4, 0.5) is 16.2 Å². The minimum Gasteiger partial charge on any atom is -0.449 e. The van der Waals surface area contributed by atoms with Gasteiger partial charge in [-0.2, -0.15) is 0 Å². The molecule has 2 aromatic rings. The quantitative estimate of drug-likeness (QED) is 0.906. The van der Waals surface area contributed by atoms with Crippen LogP contribution >= 0.6 is 0 Å². The Bertz CT molecular complexity index is 728. The molecule has 128 valence electrons. The Morgan fingerprint density at radius 3 is 2.96 bits per heavy atom. The molecule has 1 aliphatic heterocycles. The maximum Gasteiger partial charge on any atom is 0.414 e. The van der Waals surface area contributed by atoms with Crippen molar-refractivity contribution in [2.45, 2.75) is 39.7 Å². The standard InChI is InChI=1S/C17H22N4O3/c1-4-15-19-20-16(24-15)11(3)18-13-6-7-14-12(10-13)8-9-21(14)17(22)23-5-2/h6-7,10-11,18H,4-5,8-9H2,1-3H3/t11-/m1/s1.